The van der Waals surface area contributed by atoms with Gasteiger partial charge in [-0.2, -0.15) is 0 Å². The fraction of sp³-hybridized carbons (Fsp3) is 0.667. The number of carbonyl (C=O) groups excluding carboxylic acids is 1. The first kappa shape index (κ1) is 18.2. The molecule has 1 aromatic carbocycles. The number of carbonyl (C=O) groups is 1. The van der Waals surface area contributed by atoms with E-state index in [0.717, 1.165) is 44.0 Å². The average Bonchev–Trinajstić information content (AvgIpc) is 3.44. The SMILES string of the molecule is COc1ccc(CCC(=O)N2CCC(CC3CC3)(N(C)C)CC2)cc1. The third-order valence-electron chi connectivity index (χ3n) is 6.15. The summed E-state index contributed by atoms with van der Waals surface area (Å²) in [5.41, 5.74) is 1.51. The van der Waals surface area contributed by atoms with Gasteiger partial charge in [-0.15, -0.1) is 0 Å². The van der Waals surface area contributed by atoms with Gasteiger partial charge in [-0.1, -0.05) is 25.0 Å². The van der Waals surface area contributed by atoms with Gasteiger partial charge in [0.2, 0.25) is 5.91 Å². The summed E-state index contributed by atoms with van der Waals surface area (Å²) in [5, 5.41) is 0. The van der Waals surface area contributed by atoms with Gasteiger partial charge in [-0.05, 0) is 63.4 Å². The van der Waals surface area contributed by atoms with Crippen molar-refractivity contribution in [2.24, 2.45) is 5.92 Å². The quantitative estimate of drug-likeness (QED) is 0.760. The molecule has 1 saturated heterocycles. The first-order chi connectivity index (χ1) is 12.0. The van der Waals surface area contributed by atoms with Crippen LogP contribution < -0.4 is 4.74 Å². The zero-order chi connectivity index (χ0) is 17.9. The smallest absolute Gasteiger partial charge is 0.222 e. The van der Waals surface area contributed by atoms with Crippen LogP contribution in [0.2, 0.25) is 0 Å². The fourth-order valence-electron chi connectivity index (χ4n) is 4.07. The van der Waals surface area contributed by atoms with Gasteiger partial charge in [-0.3, -0.25) is 4.79 Å². The van der Waals surface area contributed by atoms with E-state index in [1.807, 2.05) is 12.1 Å². The molecular weight excluding hydrogens is 312 g/mol. The van der Waals surface area contributed by atoms with E-state index in [-0.39, 0.29) is 0 Å². The lowest BCUT2D eigenvalue weighted by Crippen LogP contribution is -2.54. The zero-order valence-corrected chi connectivity index (χ0v) is 16.0. The lowest BCUT2D eigenvalue weighted by Gasteiger charge is -2.46. The Morgan fingerprint density at radius 1 is 1.20 bits per heavy atom. The van der Waals surface area contributed by atoms with Crippen molar-refractivity contribution < 1.29 is 9.53 Å². The van der Waals surface area contributed by atoms with Gasteiger partial charge in [0, 0.05) is 25.0 Å². The molecule has 1 aromatic rings. The highest BCUT2D eigenvalue weighted by atomic mass is 16.5. The van der Waals surface area contributed by atoms with Crippen LogP contribution >= 0.6 is 0 Å². The highest BCUT2D eigenvalue weighted by Crippen LogP contribution is 2.42. The monoisotopic (exact) mass is 344 g/mol. The molecule has 4 nitrogen and oxygen atoms in total. The van der Waals surface area contributed by atoms with Gasteiger partial charge in [0.25, 0.3) is 0 Å². The average molecular weight is 344 g/mol. The first-order valence-electron chi connectivity index (χ1n) is 9.60. The van der Waals surface area contributed by atoms with E-state index in [1.54, 1.807) is 7.11 Å². The molecule has 0 aromatic heterocycles. The molecule has 0 bridgehead atoms. The fourth-order valence-corrected chi connectivity index (χ4v) is 4.07. The molecule has 1 aliphatic carbocycles. The Balaban J connectivity index is 1.48. The van der Waals surface area contributed by atoms with Gasteiger partial charge < -0.3 is 14.5 Å². The predicted molar refractivity (Wildman–Crippen MR) is 101 cm³/mol. The number of aryl methyl sites for hydroxylation is 1. The first-order valence-corrected chi connectivity index (χ1v) is 9.60. The number of rotatable bonds is 7. The maximum atomic E-state index is 12.6. The Morgan fingerprint density at radius 2 is 1.84 bits per heavy atom. The van der Waals surface area contributed by atoms with Crippen molar-refractivity contribution >= 4 is 5.91 Å². The van der Waals surface area contributed by atoms with E-state index in [4.69, 9.17) is 4.74 Å². The highest BCUT2D eigenvalue weighted by molar-refractivity contribution is 5.76. The highest BCUT2D eigenvalue weighted by Gasteiger charge is 2.41. The predicted octanol–water partition coefficient (Wildman–Crippen LogP) is 3.35. The molecular formula is C21H32N2O2. The molecule has 1 amide bonds. The van der Waals surface area contributed by atoms with Crippen molar-refractivity contribution in [3.05, 3.63) is 29.8 Å². The lowest BCUT2D eigenvalue weighted by atomic mass is 9.81. The molecule has 0 N–H and O–H groups in total. The molecule has 25 heavy (non-hydrogen) atoms. The van der Waals surface area contributed by atoms with Crippen molar-refractivity contribution in [3.63, 3.8) is 0 Å². The van der Waals surface area contributed by atoms with E-state index in [1.165, 1.54) is 24.8 Å². The lowest BCUT2D eigenvalue weighted by molar-refractivity contribution is -0.133. The van der Waals surface area contributed by atoms with Gasteiger partial charge in [0.05, 0.1) is 7.11 Å². The molecule has 0 atom stereocenters. The maximum Gasteiger partial charge on any atom is 0.222 e. The summed E-state index contributed by atoms with van der Waals surface area (Å²) in [7, 11) is 6.10. The Hall–Kier alpha value is -1.55. The number of hydrogen-bond donors (Lipinski definition) is 0. The summed E-state index contributed by atoms with van der Waals surface area (Å²) in [4.78, 5) is 17.1. The van der Waals surface area contributed by atoms with E-state index in [0.29, 0.717) is 17.9 Å². The van der Waals surface area contributed by atoms with Crippen molar-refractivity contribution in [1.29, 1.82) is 0 Å². The third-order valence-corrected chi connectivity index (χ3v) is 6.15. The van der Waals surface area contributed by atoms with E-state index < -0.39 is 0 Å². The molecule has 138 valence electrons. The zero-order valence-electron chi connectivity index (χ0n) is 16.0. The molecule has 2 aliphatic rings. The third kappa shape index (κ3) is 4.55. The van der Waals surface area contributed by atoms with Gasteiger partial charge in [0.15, 0.2) is 0 Å². The molecule has 0 unspecified atom stereocenters. The van der Waals surface area contributed by atoms with Crippen LogP contribution in [0.1, 0.15) is 44.1 Å². The second kappa shape index (κ2) is 7.77. The summed E-state index contributed by atoms with van der Waals surface area (Å²) in [6.07, 6.45) is 7.76. The molecule has 0 spiro atoms. The van der Waals surface area contributed by atoms with Crippen LogP contribution in [0.3, 0.4) is 0 Å². The Kier molecular flexibility index (Phi) is 5.67. The number of hydrogen-bond acceptors (Lipinski definition) is 3. The van der Waals surface area contributed by atoms with Crippen molar-refractivity contribution in [2.75, 3.05) is 34.3 Å². The minimum absolute atomic E-state index is 0.301. The summed E-state index contributed by atoms with van der Waals surface area (Å²) in [6.45, 7) is 1.82. The van der Waals surface area contributed by atoms with Crippen molar-refractivity contribution in [3.8, 4) is 5.75 Å². The van der Waals surface area contributed by atoms with Crippen LogP contribution in [0.5, 0.6) is 5.75 Å². The number of ether oxygens (including phenoxy) is 1. The molecule has 1 heterocycles. The second-order valence-electron chi connectivity index (χ2n) is 8.00. The molecule has 1 aliphatic heterocycles. The van der Waals surface area contributed by atoms with E-state index >= 15 is 0 Å². The molecule has 3 rings (SSSR count). The van der Waals surface area contributed by atoms with Crippen molar-refractivity contribution in [2.45, 2.75) is 50.5 Å². The van der Waals surface area contributed by atoms with Crippen LogP contribution in [-0.4, -0.2) is 55.5 Å². The minimum Gasteiger partial charge on any atom is -0.497 e. The summed E-state index contributed by atoms with van der Waals surface area (Å²) < 4.78 is 5.18. The number of piperidine rings is 1. The Morgan fingerprint density at radius 3 is 2.36 bits per heavy atom. The van der Waals surface area contributed by atoms with Crippen LogP contribution in [-0.2, 0) is 11.2 Å². The van der Waals surface area contributed by atoms with Crippen LogP contribution in [0, 0.1) is 5.92 Å². The van der Waals surface area contributed by atoms with E-state index in [2.05, 4.69) is 36.0 Å². The van der Waals surface area contributed by atoms with Gasteiger partial charge >= 0.3 is 0 Å². The summed E-state index contributed by atoms with van der Waals surface area (Å²) >= 11 is 0. The van der Waals surface area contributed by atoms with Crippen LogP contribution in [0.25, 0.3) is 0 Å². The summed E-state index contributed by atoms with van der Waals surface area (Å²) in [5.74, 6) is 2.09. The standard InChI is InChI=1S/C21H32N2O2/c1-22(2)21(16-18-4-5-18)12-14-23(15-13-21)20(24)11-8-17-6-9-19(25-3)10-7-17/h6-7,9-10,18H,4-5,8,11-16H2,1-3H3. The minimum atomic E-state index is 0.301. The Labute approximate surface area is 152 Å². The number of methoxy groups -OCH3 is 1. The van der Waals surface area contributed by atoms with Crippen molar-refractivity contribution in [1.82, 2.24) is 9.80 Å². The Bertz CT molecular complexity index is 570. The normalized spacial score (nSPS) is 19.9. The number of benzene rings is 1. The van der Waals surface area contributed by atoms with Gasteiger partial charge in [0.1, 0.15) is 5.75 Å². The van der Waals surface area contributed by atoms with E-state index in [9.17, 15) is 4.79 Å². The van der Waals surface area contributed by atoms with Crippen LogP contribution in [0.15, 0.2) is 24.3 Å². The topological polar surface area (TPSA) is 32.8 Å². The van der Waals surface area contributed by atoms with Crippen LogP contribution in [0.4, 0.5) is 0 Å². The molecule has 0 radical (unpaired) electrons. The van der Waals surface area contributed by atoms with Gasteiger partial charge in [-0.25, -0.2) is 0 Å². The second-order valence-corrected chi connectivity index (χ2v) is 8.00. The maximum absolute atomic E-state index is 12.6. The molecule has 2 fully saturated rings. The molecule has 4 heteroatoms. The molecule has 1 saturated carbocycles. The number of likely N-dealkylation sites (tertiary alicyclic amines) is 1. The number of nitrogens with zero attached hydrogens (tertiary/aromatic N) is 2. The largest absolute Gasteiger partial charge is 0.497 e. The summed E-state index contributed by atoms with van der Waals surface area (Å²) in [6, 6.07) is 8.03. The number of amides is 1.